The van der Waals surface area contributed by atoms with Crippen molar-refractivity contribution in [2.75, 3.05) is 13.7 Å². The van der Waals surface area contributed by atoms with Gasteiger partial charge in [-0.05, 0) is 37.1 Å². The van der Waals surface area contributed by atoms with Crippen LogP contribution in [0, 0.1) is 0 Å². The summed E-state index contributed by atoms with van der Waals surface area (Å²) in [6.45, 7) is 1.06. The van der Waals surface area contributed by atoms with Gasteiger partial charge in [-0.15, -0.1) is 0 Å². The van der Waals surface area contributed by atoms with Gasteiger partial charge in [-0.3, -0.25) is 0 Å². The van der Waals surface area contributed by atoms with Crippen LogP contribution >= 0.6 is 11.6 Å². The van der Waals surface area contributed by atoms with Gasteiger partial charge >= 0.3 is 0 Å². The van der Waals surface area contributed by atoms with Crippen molar-refractivity contribution in [2.45, 2.75) is 31.3 Å². The molecule has 0 bridgehead atoms. The molecule has 0 saturated carbocycles. The Morgan fingerprint density at radius 2 is 2.29 bits per heavy atom. The Balaban J connectivity index is 2.12. The van der Waals surface area contributed by atoms with Crippen LogP contribution in [0.3, 0.4) is 0 Å². The Bertz CT molecular complexity index is 378. The molecule has 0 spiro atoms. The minimum Gasteiger partial charge on any atom is -0.495 e. The van der Waals surface area contributed by atoms with Crippen molar-refractivity contribution >= 4 is 11.6 Å². The monoisotopic (exact) mass is 254 g/mol. The quantitative estimate of drug-likeness (QED) is 0.871. The Morgan fingerprint density at radius 3 is 2.88 bits per heavy atom. The number of rotatable bonds is 3. The smallest absolute Gasteiger partial charge is 0.137 e. The highest BCUT2D eigenvalue weighted by Crippen LogP contribution is 2.29. The first kappa shape index (κ1) is 12.7. The fraction of sp³-hybridized carbons (Fsp3) is 0.538. The van der Waals surface area contributed by atoms with Crippen LogP contribution in [0.15, 0.2) is 18.2 Å². The molecule has 1 aliphatic rings. The van der Waals surface area contributed by atoms with Crippen molar-refractivity contribution < 1.29 is 4.74 Å². The average molecular weight is 255 g/mol. The molecule has 0 aromatic heterocycles. The number of methoxy groups -OCH3 is 1. The van der Waals surface area contributed by atoms with E-state index in [1.54, 1.807) is 7.11 Å². The maximum Gasteiger partial charge on any atom is 0.137 e. The summed E-state index contributed by atoms with van der Waals surface area (Å²) < 4.78 is 5.14. The lowest BCUT2D eigenvalue weighted by atomic mass is 9.93. The normalized spacial score (nSPS) is 22.2. The molecule has 0 aliphatic carbocycles. The first-order chi connectivity index (χ1) is 8.22. The zero-order valence-corrected chi connectivity index (χ0v) is 10.8. The second-order valence-electron chi connectivity index (χ2n) is 4.48. The fourth-order valence-corrected chi connectivity index (χ4v) is 2.57. The summed E-state index contributed by atoms with van der Waals surface area (Å²) in [6, 6.07) is 6.12. The van der Waals surface area contributed by atoms with E-state index in [4.69, 9.17) is 22.1 Å². The number of nitrogens with two attached hydrogens (primary N) is 1. The van der Waals surface area contributed by atoms with Crippen LogP contribution in [0.5, 0.6) is 5.75 Å². The van der Waals surface area contributed by atoms with Crippen molar-refractivity contribution in [1.29, 1.82) is 0 Å². The molecule has 1 aromatic rings. The molecule has 3 N–H and O–H groups in total. The fourth-order valence-electron chi connectivity index (χ4n) is 2.31. The van der Waals surface area contributed by atoms with E-state index < -0.39 is 0 Å². The van der Waals surface area contributed by atoms with Gasteiger partial charge in [0.05, 0.1) is 12.1 Å². The van der Waals surface area contributed by atoms with Crippen LogP contribution in [0.4, 0.5) is 0 Å². The van der Waals surface area contributed by atoms with Gasteiger partial charge in [-0.1, -0.05) is 24.1 Å². The summed E-state index contributed by atoms with van der Waals surface area (Å²) in [5.41, 5.74) is 7.33. The summed E-state index contributed by atoms with van der Waals surface area (Å²) in [4.78, 5) is 0. The van der Waals surface area contributed by atoms with Crippen LogP contribution in [0.2, 0.25) is 5.02 Å². The van der Waals surface area contributed by atoms with E-state index in [9.17, 15) is 0 Å². The minimum absolute atomic E-state index is 0.00120. The van der Waals surface area contributed by atoms with E-state index in [0.717, 1.165) is 18.5 Å². The number of piperidine rings is 1. The molecule has 1 aromatic carbocycles. The zero-order chi connectivity index (χ0) is 12.3. The largest absolute Gasteiger partial charge is 0.495 e. The molecule has 1 heterocycles. The molecule has 2 rings (SSSR count). The maximum atomic E-state index is 6.27. The van der Waals surface area contributed by atoms with Crippen molar-refractivity contribution in [2.24, 2.45) is 5.73 Å². The Labute approximate surface area is 107 Å². The van der Waals surface area contributed by atoms with Gasteiger partial charge in [0, 0.05) is 12.1 Å². The number of benzene rings is 1. The molecule has 2 atom stereocenters. The number of hydrogen-bond donors (Lipinski definition) is 2. The predicted octanol–water partition coefficient (Wildman–Crippen LogP) is 2.49. The molecule has 1 fully saturated rings. The molecule has 94 valence electrons. The molecule has 3 nitrogen and oxygen atoms in total. The average Bonchev–Trinajstić information content (AvgIpc) is 2.39. The summed E-state index contributed by atoms with van der Waals surface area (Å²) in [5, 5.41) is 4.09. The van der Waals surface area contributed by atoms with Gasteiger partial charge in [0.2, 0.25) is 0 Å². The van der Waals surface area contributed by atoms with Crippen LogP contribution in [0.25, 0.3) is 0 Å². The SMILES string of the molecule is COc1ccc(C(N)C2CCCCN2)cc1Cl. The number of ether oxygens (including phenoxy) is 1. The third-order valence-corrected chi connectivity index (χ3v) is 3.64. The Kier molecular flexibility index (Phi) is 4.26. The first-order valence-corrected chi connectivity index (χ1v) is 6.42. The van der Waals surface area contributed by atoms with Crippen molar-refractivity contribution in [3.63, 3.8) is 0 Å². The lowest BCUT2D eigenvalue weighted by Crippen LogP contribution is -2.42. The van der Waals surface area contributed by atoms with Crippen molar-refractivity contribution in [1.82, 2.24) is 5.32 Å². The highest BCUT2D eigenvalue weighted by Gasteiger charge is 2.21. The number of hydrogen-bond acceptors (Lipinski definition) is 3. The standard InChI is InChI=1S/C13H19ClN2O/c1-17-12-6-5-9(8-10(12)14)13(15)11-4-2-3-7-16-11/h5-6,8,11,13,16H,2-4,7,15H2,1H3. The van der Waals surface area contributed by atoms with Crippen LogP contribution < -0.4 is 15.8 Å². The van der Waals surface area contributed by atoms with E-state index >= 15 is 0 Å². The van der Waals surface area contributed by atoms with Crippen LogP contribution in [0.1, 0.15) is 30.9 Å². The molecule has 2 unspecified atom stereocenters. The minimum atomic E-state index is -0.00120. The molecular formula is C13H19ClN2O. The third kappa shape index (κ3) is 2.92. The van der Waals surface area contributed by atoms with Gasteiger partial charge < -0.3 is 15.8 Å². The van der Waals surface area contributed by atoms with Crippen LogP contribution in [-0.2, 0) is 0 Å². The summed E-state index contributed by atoms with van der Waals surface area (Å²) in [7, 11) is 1.61. The highest BCUT2D eigenvalue weighted by atomic mass is 35.5. The summed E-state index contributed by atoms with van der Waals surface area (Å²) in [6.07, 6.45) is 3.62. The van der Waals surface area contributed by atoms with E-state index in [0.29, 0.717) is 16.8 Å². The van der Waals surface area contributed by atoms with Crippen molar-refractivity contribution in [3.8, 4) is 5.75 Å². The van der Waals surface area contributed by atoms with E-state index in [-0.39, 0.29) is 6.04 Å². The van der Waals surface area contributed by atoms with Gasteiger partial charge in [-0.25, -0.2) is 0 Å². The Morgan fingerprint density at radius 1 is 1.47 bits per heavy atom. The van der Waals surface area contributed by atoms with E-state index in [2.05, 4.69) is 5.32 Å². The second-order valence-corrected chi connectivity index (χ2v) is 4.88. The maximum absolute atomic E-state index is 6.27. The molecule has 0 radical (unpaired) electrons. The molecule has 17 heavy (non-hydrogen) atoms. The number of halogens is 1. The topological polar surface area (TPSA) is 47.3 Å². The van der Waals surface area contributed by atoms with Gasteiger partial charge in [-0.2, -0.15) is 0 Å². The molecule has 4 heteroatoms. The summed E-state index contributed by atoms with van der Waals surface area (Å²) >= 11 is 6.11. The molecule has 0 amide bonds. The Hall–Kier alpha value is -0.770. The van der Waals surface area contributed by atoms with Crippen molar-refractivity contribution in [3.05, 3.63) is 28.8 Å². The molecule has 1 aliphatic heterocycles. The van der Waals surface area contributed by atoms with Crippen LogP contribution in [-0.4, -0.2) is 19.7 Å². The zero-order valence-electron chi connectivity index (χ0n) is 10.1. The summed E-state index contributed by atoms with van der Waals surface area (Å²) in [5.74, 6) is 0.694. The van der Waals surface area contributed by atoms with Gasteiger partial charge in [0.25, 0.3) is 0 Å². The first-order valence-electron chi connectivity index (χ1n) is 6.05. The lowest BCUT2D eigenvalue weighted by Gasteiger charge is -2.29. The van der Waals surface area contributed by atoms with Gasteiger partial charge in [0.1, 0.15) is 5.75 Å². The van der Waals surface area contributed by atoms with Gasteiger partial charge in [0.15, 0.2) is 0 Å². The highest BCUT2D eigenvalue weighted by molar-refractivity contribution is 6.32. The predicted molar refractivity (Wildman–Crippen MR) is 70.6 cm³/mol. The lowest BCUT2D eigenvalue weighted by molar-refractivity contribution is 0.353. The molecular weight excluding hydrogens is 236 g/mol. The second kappa shape index (κ2) is 5.71. The molecule has 1 saturated heterocycles. The van der Waals surface area contributed by atoms with E-state index in [1.165, 1.54) is 12.8 Å². The third-order valence-electron chi connectivity index (χ3n) is 3.34. The number of nitrogens with one attached hydrogen (secondary N) is 1. The van der Waals surface area contributed by atoms with E-state index in [1.807, 2.05) is 18.2 Å².